The highest BCUT2D eigenvalue weighted by molar-refractivity contribution is 7.89. The summed E-state index contributed by atoms with van der Waals surface area (Å²) in [4.78, 5) is 8.61. The van der Waals surface area contributed by atoms with Crippen LogP contribution < -0.4 is 4.72 Å². The lowest BCUT2D eigenvalue weighted by Gasteiger charge is -2.03. The number of nitrogens with zero attached hydrogens (tertiary/aromatic N) is 2. The van der Waals surface area contributed by atoms with Gasteiger partial charge in [0.15, 0.2) is 0 Å². The molecule has 108 valence electrons. The molecule has 2 heterocycles. The first-order valence-electron chi connectivity index (χ1n) is 6.44. The number of pyridine rings is 1. The Morgan fingerprint density at radius 2 is 2.20 bits per heavy atom. The minimum Gasteiger partial charge on any atom is -0.254 e. The van der Waals surface area contributed by atoms with Crippen LogP contribution in [0.2, 0.25) is 0 Å². The van der Waals surface area contributed by atoms with Gasteiger partial charge in [-0.3, -0.25) is 4.98 Å². The van der Waals surface area contributed by atoms with Crippen LogP contribution in [0.25, 0.3) is 10.7 Å². The normalized spacial score (nSPS) is 11.7. The van der Waals surface area contributed by atoms with Gasteiger partial charge in [-0.1, -0.05) is 19.4 Å². The Hall–Kier alpha value is -1.31. The number of unbranched alkanes of at least 4 members (excludes halogenated alkanes) is 1. The zero-order valence-electron chi connectivity index (χ0n) is 11.2. The smallest absolute Gasteiger partial charge is 0.211 e. The molecule has 0 spiro atoms. The second kappa shape index (κ2) is 6.92. The van der Waals surface area contributed by atoms with Crippen molar-refractivity contribution in [1.29, 1.82) is 0 Å². The Morgan fingerprint density at radius 1 is 1.35 bits per heavy atom. The number of hydrogen-bond donors (Lipinski definition) is 1. The van der Waals surface area contributed by atoms with E-state index in [0.717, 1.165) is 22.8 Å². The number of thiazole rings is 1. The maximum Gasteiger partial charge on any atom is 0.211 e. The molecule has 0 unspecified atom stereocenters. The summed E-state index contributed by atoms with van der Waals surface area (Å²) in [5.41, 5.74) is 1.52. The van der Waals surface area contributed by atoms with Gasteiger partial charge in [-0.15, -0.1) is 11.3 Å². The van der Waals surface area contributed by atoms with Gasteiger partial charge < -0.3 is 0 Å². The molecule has 0 aliphatic heterocycles. The van der Waals surface area contributed by atoms with Crippen LogP contribution in [0.4, 0.5) is 0 Å². The Morgan fingerprint density at radius 3 is 2.90 bits per heavy atom. The summed E-state index contributed by atoms with van der Waals surface area (Å²) >= 11 is 1.46. The van der Waals surface area contributed by atoms with E-state index in [1.165, 1.54) is 11.3 Å². The van der Waals surface area contributed by atoms with Gasteiger partial charge in [0.25, 0.3) is 0 Å². The topological polar surface area (TPSA) is 72.0 Å². The zero-order valence-corrected chi connectivity index (χ0v) is 12.9. The van der Waals surface area contributed by atoms with Gasteiger partial charge in [-0.2, -0.15) is 0 Å². The first kappa shape index (κ1) is 15.1. The molecule has 0 saturated heterocycles. The van der Waals surface area contributed by atoms with Crippen molar-refractivity contribution in [3.8, 4) is 10.7 Å². The molecule has 0 saturated carbocycles. The lowest BCUT2D eigenvalue weighted by atomic mass is 10.4. The van der Waals surface area contributed by atoms with E-state index in [-0.39, 0.29) is 12.3 Å². The largest absolute Gasteiger partial charge is 0.254 e. The Labute approximate surface area is 123 Å². The van der Waals surface area contributed by atoms with Crippen molar-refractivity contribution in [1.82, 2.24) is 14.7 Å². The lowest BCUT2D eigenvalue weighted by molar-refractivity contribution is 0.577. The van der Waals surface area contributed by atoms with Crippen molar-refractivity contribution >= 4 is 21.4 Å². The predicted molar refractivity (Wildman–Crippen MR) is 80.9 cm³/mol. The molecule has 0 aliphatic rings. The molecule has 2 aromatic rings. The van der Waals surface area contributed by atoms with E-state index in [9.17, 15) is 8.42 Å². The van der Waals surface area contributed by atoms with Crippen molar-refractivity contribution in [3.05, 3.63) is 35.5 Å². The van der Waals surface area contributed by atoms with Crippen molar-refractivity contribution < 1.29 is 8.42 Å². The van der Waals surface area contributed by atoms with Gasteiger partial charge in [0.05, 0.1) is 23.7 Å². The molecule has 7 heteroatoms. The standard InChI is InChI=1S/C13H17N3O2S2/c1-2-3-8-20(17,18)15-9-11-10-19-13(16-11)12-6-4-5-7-14-12/h4-7,10,15H,2-3,8-9H2,1H3. The molecule has 0 aromatic carbocycles. The summed E-state index contributed by atoms with van der Waals surface area (Å²) in [6, 6.07) is 5.63. The molecule has 0 radical (unpaired) electrons. The maximum atomic E-state index is 11.7. The van der Waals surface area contributed by atoms with Crippen LogP contribution in [0.1, 0.15) is 25.5 Å². The molecule has 0 amide bonds. The van der Waals surface area contributed by atoms with Crippen molar-refractivity contribution in [3.63, 3.8) is 0 Å². The van der Waals surface area contributed by atoms with Crippen LogP contribution >= 0.6 is 11.3 Å². The van der Waals surface area contributed by atoms with Crippen LogP contribution in [0, 0.1) is 0 Å². The predicted octanol–water partition coefficient (Wildman–Crippen LogP) is 2.42. The third-order valence-electron chi connectivity index (χ3n) is 2.68. The fourth-order valence-electron chi connectivity index (χ4n) is 1.59. The average molecular weight is 311 g/mol. The van der Waals surface area contributed by atoms with E-state index in [4.69, 9.17) is 0 Å². The van der Waals surface area contributed by atoms with Crippen molar-refractivity contribution in [2.75, 3.05) is 5.75 Å². The van der Waals surface area contributed by atoms with Gasteiger partial charge in [0.2, 0.25) is 10.0 Å². The Bertz CT molecular complexity index is 639. The van der Waals surface area contributed by atoms with Crippen LogP contribution in [0.15, 0.2) is 29.8 Å². The van der Waals surface area contributed by atoms with Crippen molar-refractivity contribution in [2.24, 2.45) is 0 Å². The first-order chi connectivity index (χ1) is 9.61. The van der Waals surface area contributed by atoms with Gasteiger partial charge in [0, 0.05) is 11.6 Å². The molecule has 2 rings (SSSR count). The summed E-state index contributed by atoms with van der Waals surface area (Å²) in [6.07, 6.45) is 3.25. The van der Waals surface area contributed by atoms with Gasteiger partial charge >= 0.3 is 0 Å². The lowest BCUT2D eigenvalue weighted by Crippen LogP contribution is -2.26. The number of hydrogen-bond acceptors (Lipinski definition) is 5. The molecule has 5 nitrogen and oxygen atoms in total. The Balaban J connectivity index is 1.97. The second-order valence-corrected chi connectivity index (χ2v) is 7.14. The monoisotopic (exact) mass is 311 g/mol. The third kappa shape index (κ3) is 4.36. The zero-order chi connectivity index (χ0) is 14.4. The fourth-order valence-corrected chi connectivity index (χ4v) is 3.56. The van der Waals surface area contributed by atoms with E-state index in [2.05, 4.69) is 14.7 Å². The van der Waals surface area contributed by atoms with Gasteiger partial charge in [0.1, 0.15) is 5.01 Å². The molecule has 0 atom stereocenters. The fraction of sp³-hybridized carbons (Fsp3) is 0.385. The second-order valence-electron chi connectivity index (χ2n) is 4.35. The van der Waals surface area contributed by atoms with E-state index in [1.807, 2.05) is 30.5 Å². The molecular weight excluding hydrogens is 294 g/mol. The van der Waals surface area contributed by atoms with Crippen molar-refractivity contribution in [2.45, 2.75) is 26.3 Å². The minimum absolute atomic E-state index is 0.167. The summed E-state index contributed by atoms with van der Waals surface area (Å²) in [6.45, 7) is 2.20. The molecular formula is C13H17N3O2S2. The van der Waals surface area contributed by atoms with Crippen LogP contribution in [0.5, 0.6) is 0 Å². The third-order valence-corrected chi connectivity index (χ3v) is 5.00. The summed E-state index contributed by atoms with van der Waals surface area (Å²) in [5, 5.41) is 2.65. The number of rotatable bonds is 7. The molecule has 2 aromatic heterocycles. The summed E-state index contributed by atoms with van der Waals surface area (Å²) in [5.74, 6) is 0.167. The maximum absolute atomic E-state index is 11.7. The molecule has 0 fully saturated rings. The molecule has 1 N–H and O–H groups in total. The Kier molecular flexibility index (Phi) is 5.22. The number of sulfonamides is 1. The van der Waals surface area contributed by atoms with E-state index in [1.54, 1.807) is 6.20 Å². The number of aromatic nitrogens is 2. The van der Waals surface area contributed by atoms with E-state index >= 15 is 0 Å². The van der Waals surface area contributed by atoms with E-state index in [0.29, 0.717) is 6.42 Å². The first-order valence-corrected chi connectivity index (χ1v) is 8.97. The molecule has 20 heavy (non-hydrogen) atoms. The van der Waals surface area contributed by atoms with Crippen LogP contribution in [0.3, 0.4) is 0 Å². The van der Waals surface area contributed by atoms with Crippen LogP contribution in [-0.2, 0) is 16.6 Å². The summed E-state index contributed by atoms with van der Waals surface area (Å²) < 4.78 is 26.0. The highest BCUT2D eigenvalue weighted by Gasteiger charge is 2.11. The molecule has 0 bridgehead atoms. The summed E-state index contributed by atoms with van der Waals surface area (Å²) in [7, 11) is -3.20. The van der Waals surface area contributed by atoms with Gasteiger partial charge in [-0.25, -0.2) is 18.1 Å². The average Bonchev–Trinajstić information content (AvgIpc) is 2.93. The number of nitrogens with one attached hydrogen (secondary N) is 1. The SMILES string of the molecule is CCCCS(=O)(=O)NCc1csc(-c2ccccn2)n1. The molecule has 0 aliphatic carbocycles. The quantitative estimate of drug-likeness (QED) is 0.852. The highest BCUT2D eigenvalue weighted by atomic mass is 32.2. The van der Waals surface area contributed by atoms with Gasteiger partial charge in [-0.05, 0) is 18.6 Å². The van der Waals surface area contributed by atoms with Crippen LogP contribution in [-0.4, -0.2) is 24.1 Å². The van der Waals surface area contributed by atoms with E-state index < -0.39 is 10.0 Å². The minimum atomic E-state index is -3.20. The highest BCUT2D eigenvalue weighted by Crippen LogP contribution is 2.21.